The number of rotatable bonds is 5. The van der Waals surface area contributed by atoms with Gasteiger partial charge in [0.15, 0.2) is 0 Å². The number of aryl methyl sites for hydroxylation is 1. The topological polar surface area (TPSA) is 12.0 Å². The zero-order valence-corrected chi connectivity index (χ0v) is 11.8. The lowest BCUT2D eigenvalue weighted by Gasteiger charge is -2.14. The van der Waals surface area contributed by atoms with Crippen molar-refractivity contribution in [2.24, 2.45) is 5.92 Å². The number of hydrogen-bond acceptors (Lipinski definition) is 1. The minimum Gasteiger partial charge on any atom is -0.316 e. The van der Waals surface area contributed by atoms with Crippen molar-refractivity contribution in [2.45, 2.75) is 51.9 Å². The second-order valence-electron chi connectivity index (χ2n) is 5.80. The summed E-state index contributed by atoms with van der Waals surface area (Å²) >= 11 is 0. The van der Waals surface area contributed by atoms with Crippen molar-refractivity contribution in [3.05, 3.63) is 35.4 Å². The highest BCUT2D eigenvalue weighted by Gasteiger charge is 2.11. The van der Waals surface area contributed by atoms with Gasteiger partial charge in [0.1, 0.15) is 0 Å². The van der Waals surface area contributed by atoms with E-state index in [1.54, 1.807) is 0 Å². The van der Waals surface area contributed by atoms with Crippen LogP contribution >= 0.6 is 0 Å². The predicted octanol–water partition coefficient (Wildman–Crippen LogP) is 4.10. The zero-order valence-electron chi connectivity index (χ0n) is 11.8. The minimum atomic E-state index is 0.935. The Labute approximate surface area is 112 Å². The Morgan fingerprint density at radius 3 is 2.61 bits per heavy atom. The molecule has 0 spiro atoms. The molecule has 0 radical (unpaired) electrons. The molecule has 1 saturated carbocycles. The van der Waals surface area contributed by atoms with Gasteiger partial charge in [-0.05, 0) is 50.8 Å². The van der Waals surface area contributed by atoms with Gasteiger partial charge in [-0.25, -0.2) is 0 Å². The van der Waals surface area contributed by atoms with Crippen molar-refractivity contribution in [1.82, 2.24) is 5.32 Å². The first kappa shape index (κ1) is 13.6. The minimum absolute atomic E-state index is 0.935. The second-order valence-corrected chi connectivity index (χ2v) is 5.80. The van der Waals surface area contributed by atoms with E-state index in [0.717, 1.165) is 18.9 Å². The van der Waals surface area contributed by atoms with Gasteiger partial charge >= 0.3 is 0 Å². The fourth-order valence-corrected chi connectivity index (χ4v) is 2.97. The molecular weight excluding hydrogens is 218 g/mol. The summed E-state index contributed by atoms with van der Waals surface area (Å²) in [7, 11) is 0. The first-order valence-electron chi connectivity index (χ1n) is 7.61. The number of benzene rings is 1. The van der Waals surface area contributed by atoms with E-state index >= 15 is 0 Å². The van der Waals surface area contributed by atoms with Crippen LogP contribution in [0.4, 0.5) is 0 Å². The van der Waals surface area contributed by atoms with E-state index in [1.165, 1.54) is 56.2 Å². The van der Waals surface area contributed by atoms with Gasteiger partial charge in [-0.15, -0.1) is 0 Å². The van der Waals surface area contributed by atoms with Crippen LogP contribution in [0, 0.1) is 12.8 Å². The molecule has 0 unspecified atom stereocenters. The summed E-state index contributed by atoms with van der Waals surface area (Å²) in [6, 6.07) is 8.87. The van der Waals surface area contributed by atoms with E-state index in [9.17, 15) is 0 Å². The quantitative estimate of drug-likeness (QED) is 0.608. The molecule has 0 heterocycles. The van der Waals surface area contributed by atoms with Crippen LogP contribution in [0.15, 0.2) is 24.3 Å². The van der Waals surface area contributed by atoms with Crippen molar-refractivity contribution in [3.8, 4) is 0 Å². The van der Waals surface area contributed by atoms with E-state index in [-0.39, 0.29) is 0 Å². The predicted molar refractivity (Wildman–Crippen MR) is 78.9 cm³/mol. The summed E-state index contributed by atoms with van der Waals surface area (Å²) in [5.74, 6) is 0.935. The summed E-state index contributed by atoms with van der Waals surface area (Å²) in [6.07, 6.45) is 9.86. The van der Waals surface area contributed by atoms with Gasteiger partial charge in [0.2, 0.25) is 0 Å². The van der Waals surface area contributed by atoms with Crippen LogP contribution in [0.1, 0.15) is 49.7 Å². The fraction of sp³-hybridized carbons (Fsp3) is 0.647. The van der Waals surface area contributed by atoms with Crippen LogP contribution < -0.4 is 5.32 Å². The van der Waals surface area contributed by atoms with Crippen LogP contribution in [-0.2, 0) is 6.42 Å². The Morgan fingerprint density at radius 1 is 1.11 bits per heavy atom. The second kappa shape index (κ2) is 7.58. The Balaban J connectivity index is 1.63. The molecule has 0 aromatic heterocycles. The van der Waals surface area contributed by atoms with E-state index in [0.29, 0.717) is 0 Å². The molecule has 1 N–H and O–H groups in total. The normalized spacial score (nSPS) is 17.6. The van der Waals surface area contributed by atoms with Gasteiger partial charge in [0, 0.05) is 0 Å². The summed E-state index contributed by atoms with van der Waals surface area (Å²) in [5.41, 5.74) is 2.83. The first-order valence-corrected chi connectivity index (χ1v) is 7.61. The first-order chi connectivity index (χ1) is 8.84. The van der Waals surface area contributed by atoms with Crippen molar-refractivity contribution in [1.29, 1.82) is 0 Å². The molecule has 0 amide bonds. The maximum absolute atomic E-state index is 3.65. The van der Waals surface area contributed by atoms with Crippen LogP contribution in [0.3, 0.4) is 0 Å². The smallest absolute Gasteiger partial charge is 0.000823 e. The molecule has 1 heteroatoms. The maximum Gasteiger partial charge on any atom is -0.000823 e. The van der Waals surface area contributed by atoms with Crippen molar-refractivity contribution in [2.75, 3.05) is 13.1 Å². The lowest BCUT2D eigenvalue weighted by Crippen LogP contribution is -2.24. The zero-order chi connectivity index (χ0) is 12.6. The molecule has 1 aromatic carbocycles. The standard InChI is InChI=1S/C17H27N/c1-15-7-6-10-16(13-15)11-12-18-14-17-8-4-2-3-5-9-17/h6-7,10,13,17-18H,2-5,8-9,11-12,14H2,1H3. The van der Waals surface area contributed by atoms with Gasteiger partial charge in [-0.1, -0.05) is 55.5 Å². The molecular formula is C17H27N. The third-order valence-electron chi connectivity index (χ3n) is 4.08. The third kappa shape index (κ3) is 4.81. The van der Waals surface area contributed by atoms with Crippen molar-refractivity contribution in [3.63, 3.8) is 0 Å². The van der Waals surface area contributed by atoms with Crippen LogP contribution in [0.2, 0.25) is 0 Å². The largest absolute Gasteiger partial charge is 0.316 e. The van der Waals surface area contributed by atoms with Gasteiger partial charge < -0.3 is 5.32 Å². The molecule has 1 aliphatic carbocycles. The van der Waals surface area contributed by atoms with Crippen molar-refractivity contribution < 1.29 is 0 Å². The fourth-order valence-electron chi connectivity index (χ4n) is 2.97. The van der Waals surface area contributed by atoms with Crippen LogP contribution in [0.25, 0.3) is 0 Å². The van der Waals surface area contributed by atoms with Crippen molar-refractivity contribution >= 4 is 0 Å². The van der Waals surface area contributed by atoms with Gasteiger partial charge in [-0.2, -0.15) is 0 Å². The lowest BCUT2D eigenvalue weighted by atomic mass is 10.0. The van der Waals surface area contributed by atoms with Gasteiger partial charge in [0.25, 0.3) is 0 Å². The number of nitrogens with one attached hydrogen (secondary N) is 1. The Hall–Kier alpha value is -0.820. The molecule has 1 fully saturated rings. The molecule has 1 nitrogen and oxygen atoms in total. The summed E-state index contributed by atoms with van der Waals surface area (Å²) < 4.78 is 0. The number of hydrogen-bond donors (Lipinski definition) is 1. The third-order valence-corrected chi connectivity index (χ3v) is 4.08. The van der Waals surface area contributed by atoms with E-state index in [4.69, 9.17) is 0 Å². The van der Waals surface area contributed by atoms with E-state index in [1.807, 2.05) is 0 Å². The van der Waals surface area contributed by atoms with Gasteiger partial charge in [0.05, 0.1) is 0 Å². The highest BCUT2D eigenvalue weighted by molar-refractivity contribution is 5.22. The maximum atomic E-state index is 3.65. The van der Waals surface area contributed by atoms with Gasteiger partial charge in [-0.3, -0.25) is 0 Å². The molecule has 2 rings (SSSR count). The van der Waals surface area contributed by atoms with Crippen LogP contribution in [-0.4, -0.2) is 13.1 Å². The molecule has 0 bridgehead atoms. The molecule has 0 aliphatic heterocycles. The molecule has 0 saturated heterocycles. The molecule has 18 heavy (non-hydrogen) atoms. The highest BCUT2D eigenvalue weighted by Crippen LogP contribution is 2.21. The summed E-state index contributed by atoms with van der Waals surface area (Å²) in [5, 5.41) is 3.65. The Kier molecular flexibility index (Phi) is 5.73. The summed E-state index contributed by atoms with van der Waals surface area (Å²) in [6.45, 7) is 4.52. The van der Waals surface area contributed by atoms with Crippen LogP contribution in [0.5, 0.6) is 0 Å². The lowest BCUT2D eigenvalue weighted by molar-refractivity contribution is 0.427. The Morgan fingerprint density at radius 2 is 1.89 bits per heavy atom. The average molecular weight is 245 g/mol. The van der Waals surface area contributed by atoms with E-state index in [2.05, 4.69) is 36.5 Å². The Bertz CT molecular complexity index is 337. The molecule has 100 valence electrons. The molecule has 1 aromatic rings. The summed E-state index contributed by atoms with van der Waals surface area (Å²) in [4.78, 5) is 0. The highest BCUT2D eigenvalue weighted by atomic mass is 14.9. The molecule has 0 atom stereocenters. The average Bonchev–Trinajstić information content (AvgIpc) is 2.63. The molecule has 1 aliphatic rings. The van der Waals surface area contributed by atoms with E-state index < -0.39 is 0 Å². The SMILES string of the molecule is Cc1cccc(CCNCC2CCCCCC2)c1. The monoisotopic (exact) mass is 245 g/mol.